The predicted molar refractivity (Wildman–Crippen MR) is 145 cm³/mol. The van der Waals surface area contributed by atoms with Crippen molar-refractivity contribution < 1.29 is 28.8 Å². The van der Waals surface area contributed by atoms with Crippen LogP contribution in [-0.2, 0) is 34.7 Å². The molecule has 3 saturated heterocycles. The maximum atomic E-state index is 13.4. The van der Waals surface area contributed by atoms with Crippen LogP contribution in [0.2, 0.25) is 0 Å². The van der Waals surface area contributed by atoms with Crippen LogP contribution in [0.25, 0.3) is 0 Å². The predicted octanol–water partition coefficient (Wildman–Crippen LogP) is 5.44. The average Bonchev–Trinajstić information content (AvgIpc) is 3.23. The van der Waals surface area contributed by atoms with Crippen molar-refractivity contribution in [3.8, 4) is 0 Å². The summed E-state index contributed by atoms with van der Waals surface area (Å²) >= 11 is 0. The molecule has 1 aromatic carbocycles. The summed E-state index contributed by atoms with van der Waals surface area (Å²) in [5.74, 6) is -0.251. The van der Waals surface area contributed by atoms with E-state index in [9.17, 15) is 5.11 Å². The van der Waals surface area contributed by atoms with Gasteiger partial charge in [0.05, 0.1) is 38.1 Å². The lowest BCUT2D eigenvalue weighted by Gasteiger charge is -2.65. The minimum absolute atomic E-state index is 0.0588. The summed E-state index contributed by atoms with van der Waals surface area (Å²) < 4.78 is 32.2. The highest BCUT2D eigenvalue weighted by molar-refractivity contribution is 5.37. The van der Waals surface area contributed by atoms with Gasteiger partial charge in [-0.05, 0) is 54.1 Å². The van der Waals surface area contributed by atoms with E-state index in [1.165, 1.54) is 5.56 Å². The van der Waals surface area contributed by atoms with Gasteiger partial charge in [0.2, 0.25) is 0 Å². The number of ether oxygens (including phenoxy) is 5. The summed E-state index contributed by atoms with van der Waals surface area (Å²) in [6, 6.07) is 8.89. The number of epoxide rings is 1. The Labute approximate surface area is 233 Å². The van der Waals surface area contributed by atoms with E-state index in [1.807, 2.05) is 0 Å². The Morgan fingerprint density at radius 2 is 1.49 bits per heavy atom. The fraction of sp³-hybridized carbons (Fsp3) is 0.818. The minimum atomic E-state index is -1.01. The number of fused-ring (bicyclic) bond motifs is 5. The highest BCUT2D eigenvalue weighted by Crippen LogP contribution is 2.78. The topological polar surface area (TPSA) is 69.7 Å². The minimum Gasteiger partial charge on any atom is -0.385 e. The van der Waals surface area contributed by atoms with Crippen molar-refractivity contribution in [2.24, 2.45) is 28.6 Å². The first-order chi connectivity index (χ1) is 18.4. The number of aliphatic hydroxyl groups is 1. The second-order valence-electron chi connectivity index (χ2n) is 15.5. The lowest BCUT2D eigenvalue weighted by Crippen LogP contribution is -2.68. The zero-order chi connectivity index (χ0) is 27.1. The van der Waals surface area contributed by atoms with Gasteiger partial charge in [-0.15, -0.1) is 0 Å². The molecule has 1 N–H and O–H groups in total. The molecule has 0 bridgehead atoms. The highest BCUT2D eigenvalue weighted by Gasteiger charge is 2.82. The van der Waals surface area contributed by atoms with Gasteiger partial charge in [-0.3, -0.25) is 0 Å². The molecule has 39 heavy (non-hydrogen) atoms. The monoisotopic (exact) mass is 538 g/mol. The van der Waals surface area contributed by atoms with E-state index < -0.39 is 17.2 Å². The molecule has 7 fully saturated rings. The van der Waals surface area contributed by atoms with Gasteiger partial charge in [0.1, 0.15) is 5.60 Å². The molecule has 6 nitrogen and oxygen atoms in total. The Bertz CT molecular complexity index is 1160. The van der Waals surface area contributed by atoms with Crippen molar-refractivity contribution in [2.45, 2.75) is 114 Å². The SMILES string of the molecule is CC(C)(C)c1ccc([C@]2(O)C[C@@]3(C)[C@@H](CCC34OCCO4)[C@H]3C[C@H]4O[C@]45CC4(CC[C@]5(C)[C@H]32)OCCO4)cc1. The summed E-state index contributed by atoms with van der Waals surface area (Å²) in [4.78, 5) is 0. The summed E-state index contributed by atoms with van der Waals surface area (Å²) in [5.41, 5.74) is 0.643. The van der Waals surface area contributed by atoms with Crippen molar-refractivity contribution in [2.75, 3.05) is 26.4 Å². The normalized spacial score (nSPS) is 49.0. The van der Waals surface area contributed by atoms with Crippen LogP contribution in [0.15, 0.2) is 24.3 Å². The molecule has 4 saturated carbocycles. The van der Waals surface area contributed by atoms with E-state index in [2.05, 4.69) is 58.9 Å². The quantitative estimate of drug-likeness (QED) is 0.480. The molecule has 6 heteroatoms. The lowest BCUT2D eigenvalue weighted by molar-refractivity contribution is -0.296. The van der Waals surface area contributed by atoms with E-state index in [0.717, 1.165) is 44.1 Å². The van der Waals surface area contributed by atoms with Gasteiger partial charge in [-0.2, -0.15) is 0 Å². The van der Waals surface area contributed by atoms with Crippen LogP contribution in [-0.4, -0.2) is 54.8 Å². The van der Waals surface area contributed by atoms with Crippen molar-refractivity contribution in [1.82, 2.24) is 0 Å². The molecule has 4 aliphatic carbocycles. The molecule has 3 heterocycles. The first kappa shape index (κ1) is 25.7. The van der Waals surface area contributed by atoms with Gasteiger partial charge in [-0.25, -0.2) is 0 Å². The number of hydrogen-bond donors (Lipinski definition) is 1. The van der Waals surface area contributed by atoms with Crippen molar-refractivity contribution in [1.29, 1.82) is 0 Å². The van der Waals surface area contributed by atoms with Crippen LogP contribution >= 0.6 is 0 Å². The zero-order valence-electron chi connectivity index (χ0n) is 24.4. The van der Waals surface area contributed by atoms with Gasteiger partial charge in [0.15, 0.2) is 11.6 Å². The molecule has 3 spiro atoms. The largest absolute Gasteiger partial charge is 0.385 e. The summed E-state index contributed by atoms with van der Waals surface area (Å²) in [6.07, 6.45) is 6.41. The van der Waals surface area contributed by atoms with Crippen molar-refractivity contribution >= 4 is 0 Å². The molecule has 3 aliphatic heterocycles. The molecule has 8 atom stereocenters. The van der Waals surface area contributed by atoms with Crippen LogP contribution in [0.1, 0.15) is 90.7 Å². The van der Waals surface area contributed by atoms with Crippen molar-refractivity contribution in [3.63, 3.8) is 0 Å². The third kappa shape index (κ3) is 3.09. The molecular weight excluding hydrogens is 492 g/mol. The second kappa shape index (κ2) is 7.67. The van der Waals surface area contributed by atoms with Gasteiger partial charge in [-0.1, -0.05) is 58.9 Å². The third-order valence-corrected chi connectivity index (χ3v) is 12.9. The van der Waals surface area contributed by atoms with Gasteiger partial charge in [0, 0.05) is 36.0 Å². The van der Waals surface area contributed by atoms with Gasteiger partial charge >= 0.3 is 0 Å². The van der Waals surface area contributed by atoms with Crippen LogP contribution in [0.4, 0.5) is 0 Å². The highest BCUT2D eigenvalue weighted by atomic mass is 16.7. The Hall–Kier alpha value is -1.02. The fourth-order valence-corrected chi connectivity index (χ4v) is 11.1. The van der Waals surface area contributed by atoms with Gasteiger partial charge in [0.25, 0.3) is 0 Å². The molecule has 0 amide bonds. The fourth-order valence-electron chi connectivity index (χ4n) is 11.1. The van der Waals surface area contributed by atoms with Crippen LogP contribution < -0.4 is 0 Å². The number of benzene rings is 1. The second-order valence-corrected chi connectivity index (χ2v) is 15.5. The number of hydrogen-bond acceptors (Lipinski definition) is 6. The van der Waals surface area contributed by atoms with E-state index in [4.69, 9.17) is 23.7 Å². The van der Waals surface area contributed by atoms with E-state index in [1.54, 1.807) is 0 Å². The first-order valence-electron chi connectivity index (χ1n) is 15.5. The zero-order valence-corrected chi connectivity index (χ0v) is 24.4. The van der Waals surface area contributed by atoms with Crippen LogP contribution in [0, 0.1) is 28.6 Å². The van der Waals surface area contributed by atoms with E-state index in [-0.39, 0.29) is 33.9 Å². The Morgan fingerprint density at radius 1 is 0.821 bits per heavy atom. The molecule has 7 aliphatic rings. The molecule has 0 aromatic heterocycles. The summed E-state index contributed by atoms with van der Waals surface area (Å²) in [7, 11) is 0. The molecule has 0 radical (unpaired) electrons. The molecule has 214 valence electrons. The van der Waals surface area contributed by atoms with E-state index >= 15 is 0 Å². The first-order valence-corrected chi connectivity index (χ1v) is 15.5. The summed E-state index contributed by atoms with van der Waals surface area (Å²) in [6.45, 7) is 14.1. The Balaban J connectivity index is 1.27. The molecule has 0 unspecified atom stereocenters. The Morgan fingerprint density at radius 3 is 2.15 bits per heavy atom. The lowest BCUT2D eigenvalue weighted by atomic mass is 9.40. The van der Waals surface area contributed by atoms with E-state index in [0.29, 0.717) is 44.7 Å². The van der Waals surface area contributed by atoms with Gasteiger partial charge < -0.3 is 28.8 Å². The molecular formula is C33H46O6. The summed E-state index contributed by atoms with van der Waals surface area (Å²) in [5, 5.41) is 13.4. The average molecular weight is 539 g/mol. The standard InChI is InChI=1S/C33H46O6/c1-27(2,3)21-6-8-22(9-7-21)31(34)19-29(5)24(10-11-33(29)37-16-17-38-33)23-18-25-32(39-25)20-30(35-14-15-36-30)13-12-28(32,4)26(23)31/h6-9,23-26,34H,10-20H2,1-5H3/t23-,24+,25-,26+,28-,29+,31-,32-/m1/s1. The van der Waals surface area contributed by atoms with Crippen LogP contribution in [0.5, 0.6) is 0 Å². The molecule has 8 rings (SSSR count). The maximum absolute atomic E-state index is 13.4. The van der Waals surface area contributed by atoms with Crippen LogP contribution in [0.3, 0.4) is 0 Å². The Kier molecular flexibility index (Phi) is 5.05. The molecule has 1 aromatic rings. The smallest absolute Gasteiger partial charge is 0.174 e. The van der Waals surface area contributed by atoms with Crippen molar-refractivity contribution in [3.05, 3.63) is 35.4 Å². The maximum Gasteiger partial charge on any atom is 0.174 e. The third-order valence-electron chi connectivity index (χ3n) is 12.9. The number of rotatable bonds is 1.